The van der Waals surface area contributed by atoms with Gasteiger partial charge in [-0.15, -0.1) is 0 Å². The van der Waals surface area contributed by atoms with Crippen molar-refractivity contribution in [2.75, 3.05) is 46.5 Å². The summed E-state index contributed by atoms with van der Waals surface area (Å²) in [6, 6.07) is 4.08. The summed E-state index contributed by atoms with van der Waals surface area (Å²) < 4.78 is 10.7. The van der Waals surface area contributed by atoms with Crippen LogP contribution in [0, 0.1) is 0 Å². The largest absolute Gasteiger partial charge is 0.463 e. The highest BCUT2D eigenvalue weighted by Crippen LogP contribution is 2.34. The van der Waals surface area contributed by atoms with E-state index in [1.54, 1.807) is 32.2 Å². The Balaban J connectivity index is 2.06. The topological polar surface area (TPSA) is 71.1 Å². The Hall–Kier alpha value is -1.80. The Morgan fingerprint density at radius 3 is 2.64 bits per heavy atom. The lowest BCUT2D eigenvalue weighted by Gasteiger charge is -2.37. The van der Waals surface area contributed by atoms with Crippen LogP contribution in [0.15, 0.2) is 29.5 Å². The number of rotatable bonds is 5. The normalized spacial score (nSPS) is 20.9. The van der Waals surface area contributed by atoms with Crippen LogP contribution in [0.3, 0.4) is 0 Å². The molecule has 1 aromatic carbocycles. The van der Waals surface area contributed by atoms with Gasteiger partial charge in [0.2, 0.25) is 0 Å². The smallest absolute Gasteiger partial charge is 0.338 e. The SMILES string of the molecule is CCOC(=O)C1=C(CN2CCOCC2)N(C)C(=O)NC1c1ccc(Cl)c(Cl)c1. The molecule has 2 heterocycles. The second-order valence-corrected chi connectivity index (χ2v) is 7.40. The molecule has 0 bridgehead atoms. The molecule has 1 atom stereocenters. The van der Waals surface area contributed by atoms with E-state index >= 15 is 0 Å². The Morgan fingerprint density at radius 2 is 2.00 bits per heavy atom. The Bertz CT molecular complexity index is 793. The number of nitrogens with one attached hydrogen (secondary N) is 1. The summed E-state index contributed by atoms with van der Waals surface area (Å²) in [6.07, 6.45) is 0. The molecule has 1 unspecified atom stereocenters. The van der Waals surface area contributed by atoms with Gasteiger partial charge in [0.05, 0.1) is 41.5 Å². The third kappa shape index (κ3) is 4.43. The highest BCUT2D eigenvalue weighted by molar-refractivity contribution is 6.42. The minimum Gasteiger partial charge on any atom is -0.463 e. The Kier molecular flexibility index (Phi) is 6.82. The van der Waals surface area contributed by atoms with Crippen LogP contribution in [-0.4, -0.2) is 68.3 Å². The van der Waals surface area contributed by atoms with Crippen molar-refractivity contribution in [2.24, 2.45) is 0 Å². The van der Waals surface area contributed by atoms with Crippen LogP contribution in [0.25, 0.3) is 0 Å². The highest BCUT2D eigenvalue weighted by atomic mass is 35.5. The lowest BCUT2D eigenvalue weighted by atomic mass is 9.94. The number of hydrogen-bond donors (Lipinski definition) is 1. The van der Waals surface area contributed by atoms with Crippen molar-refractivity contribution in [1.82, 2.24) is 15.1 Å². The van der Waals surface area contributed by atoms with Crippen LogP contribution in [0.2, 0.25) is 10.0 Å². The zero-order chi connectivity index (χ0) is 20.3. The molecule has 1 aromatic rings. The Morgan fingerprint density at radius 1 is 1.29 bits per heavy atom. The van der Waals surface area contributed by atoms with E-state index in [2.05, 4.69) is 10.2 Å². The number of urea groups is 1. The predicted molar refractivity (Wildman–Crippen MR) is 106 cm³/mol. The number of carbonyl (C=O) groups excluding carboxylic acids is 2. The van der Waals surface area contributed by atoms with E-state index < -0.39 is 12.0 Å². The molecule has 0 radical (unpaired) electrons. The first kappa shape index (κ1) is 20.9. The molecule has 2 aliphatic rings. The molecule has 3 rings (SSSR count). The van der Waals surface area contributed by atoms with Gasteiger partial charge < -0.3 is 14.8 Å². The van der Waals surface area contributed by atoms with Crippen molar-refractivity contribution < 1.29 is 19.1 Å². The van der Waals surface area contributed by atoms with Gasteiger partial charge in [0.25, 0.3) is 0 Å². The molecular weight excluding hydrogens is 405 g/mol. The van der Waals surface area contributed by atoms with Crippen molar-refractivity contribution in [3.05, 3.63) is 45.1 Å². The summed E-state index contributed by atoms with van der Waals surface area (Å²) in [5.41, 5.74) is 1.67. The van der Waals surface area contributed by atoms with Crippen molar-refractivity contribution in [1.29, 1.82) is 0 Å². The number of ether oxygens (including phenoxy) is 2. The molecule has 1 saturated heterocycles. The first-order chi connectivity index (χ1) is 13.4. The zero-order valence-corrected chi connectivity index (χ0v) is 17.3. The van der Waals surface area contributed by atoms with Crippen molar-refractivity contribution in [3.63, 3.8) is 0 Å². The summed E-state index contributed by atoms with van der Waals surface area (Å²) >= 11 is 12.2. The lowest BCUT2D eigenvalue weighted by Crippen LogP contribution is -2.50. The maximum atomic E-state index is 12.9. The number of hydrogen-bond acceptors (Lipinski definition) is 5. The number of amides is 2. The summed E-state index contributed by atoms with van der Waals surface area (Å²) in [6.45, 7) is 5.12. The first-order valence-electron chi connectivity index (χ1n) is 9.11. The van der Waals surface area contributed by atoms with Crippen LogP contribution >= 0.6 is 23.2 Å². The average Bonchev–Trinajstić information content (AvgIpc) is 2.68. The van der Waals surface area contributed by atoms with Gasteiger partial charge in [0, 0.05) is 32.4 Å². The fraction of sp³-hybridized carbons (Fsp3) is 0.474. The maximum Gasteiger partial charge on any atom is 0.338 e. The Labute approximate surface area is 174 Å². The molecule has 2 aliphatic heterocycles. The average molecular weight is 428 g/mol. The minimum absolute atomic E-state index is 0.235. The van der Waals surface area contributed by atoms with Gasteiger partial charge in [0.1, 0.15) is 0 Å². The minimum atomic E-state index is -0.673. The van der Waals surface area contributed by atoms with E-state index in [0.717, 1.165) is 13.1 Å². The fourth-order valence-corrected chi connectivity index (χ4v) is 3.62. The monoisotopic (exact) mass is 427 g/mol. The fourth-order valence-electron chi connectivity index (χ4n) is 3.31. The molecule has 0 aromatic heterocycles. The highest BCUT2D eigenvalue weighted by Gasteiger charge is 2.37. The molecule has 0 saturated carbocycles. The number of likely N-dealkylation sites (N-methyl/N-ethyl adjacent to an activating group) is 1. The number of nitrogens with zero attached hydrogens (tertiary/aromatic N) is 2. The zero-order valence-electron chi connectivity index (χ0n) is 15.8. The quantitative estimate of drug-likeness (QED) is 0.731. The van der Waals surface area contributed by atoms with Gasteiger partial charge in [-0.05, 0) is 24.6 Å². The van der Waals surface area contributed by atoms with Crippen LogP contribution in [0.4, 0.5) is 4.79 Å². The van der Waals surface area contributed by atoms with E-state index in [1.165, 1.54) is 4.90 Å². The second kappa shape index (κ2) is 9.13. The molecule has 28 heavy (non-hydrogen) atoms. The van der Waals surface area contributed by atoms with Gasteiger partial charge in [0.15, 0.2) is 0 Å². The number of carbonyl (C=O) groups is 2. The third-order valence-corrected chi connectivity index (χ3v) is 5.57. The van der Waals surface area contributed by atoms with Crippen LogP contribution < -0.4 is 5.32 Å². The molecule has 152 valence electrons. The molecule has 9 heteroatoms. The van der Waals surface area contributed by atoms with Crippen molar-refractivity contribution >= 4 is 35.2 Å². The van der Waals surface area contributed by atoms with E-state index in [-0.39, 0.29) is 12.6 Å². The summed E-state index contributed by atoms with van der Waals surface area (Å²) in [5, 5.41) is 3.62. The number of halogens is 2. The molecule has 0 aliphatic carbocycles. The van der Waals surface area contributed by atoms with Crippen LogP contribution in [0.5, 0.6) is 0 Å². The summed E-state index contributed by atoms with van der Waals surface area (Å²) in [7, 11) is 1.65. The predicted octanol–water partition coefficient (Wildman–Crippen LogP) is 2.84. The third-order valence-electron chi connectivity index (χ3n) is 4.83. The van der Waals surface area contributed by atoms with Crippen LogP contribution in [-0.2, 0) is 14.3 Å². The second-order valence-electron chi connectivity index (χ2n) is 6.58. The van der Waals surface area contributed by atoms with E-state index in [0.29, 0.717) is 46.6 Å². The van der Waals surface area contributed by atoms with Gasteiger partial charge in [-0.2, -0.15) is 0 Å². The van der Waals surface area contributed by atoms with Gasteiger partial charge in [-0.25, -0.2) is 9.59 Å². The molecule has 7 nitrogen and oxygen atoms in total. The maximum absolute atomic E-state index is 12.9. The molecule has 0 spiro atoms. The van der Waals surface area contributed by atoms with Crippen LogP contribution in [0.1, 0.15) is 18.5 Å². The molecule has 2 amide bonds. The molecule has 1 N–H and O–H groups in total. The van der Waals surface area contributed by atoms with Crippen molar-refractivity contribution in [3.8, 4) is 0 Å². The summed E-state index contributed by atoms with van der Waals surface area (Å²) in [4.78, 5) is 29.1. The van der Waals surface area contributed by atoms with E-state index in [9.17, 15) is 9.59 Å². The van der Waals surface area contributed by atoms with E-state index in [1.807, 2.05) is 0 Å². The molecular formula is C19H23Cl2N3O4. The number of morpholine rings is 1. The van der Waals surface area contributed by atoms with Gasteiger partial charge in [-0.1, -0.05) is 29.3 Å². The number of benzene rings is 1. The lowest BCUT2D eigenvalue weighted by molar-refractivity contribution is -0.139. The standard InChI is InChI=1S/C19H23Cl2N3O4/c1-3-28-18(25)16-15(11-24-6-8-27-9-7-24)23(2)19(26)22-17(16)12-4-5-13(20)14(21)10-12/h4-5,10,17H,3,6-9,11H2,1-2H3,(H,22,26). The number of esters is 1. The van der Waals surface area contributed by atoms with E-state index in [4.69, 9.17) is 32.7 Å². The summed E-state index contributed by atoms with van der Waals surface area (Å²) in [5.74, 6) is -0.464. The molecule has 1 fully saturated rings. The first-order valence-corrected chi connectivity index (χ1v) is 9.87. The van der Waals surface area contributed by atoms with Gasteiger partial charge in [-0.3, -0.25) is 9.80 Å². The van der Waals surface area contributed by atoms with Gasteiger partial charge >= 0.3 is 12.0 Å². The van der Waals surface area contributed by atoms with Crippen molar-refractivity contribution in [2.45, 2.75) is 13.0 Å².